The van der Waals surface area contributed by atoms with Crippen LogP contribution in [0, 0.1) is 0 Å². The van der Waals surface area contributed by atoms with Gasteiger partial charge in [0.1, 0.15) is 18.1 Å². The Morgan fingerprint density at radius 3 is 1.94 bits per heavy atom. The van der Waals surface area contributed by atoms with Crippen LogP contribution < -0.4 is 27.4 Å². The zero-order chi connectivity index (χ0) is 25.7. The smallest absolute Gasteiger partial charge is 0.326 e. The molecule has 188 valence electrons. The number of carbonyl (C=O) groups excluding carboxylic acids is 4. The molecule has 15 heteroatoms. The van der Waals surface area contributed by atoms with Crippen molar-refractivity contribution in [3.05, 3.63) is 0 Å². The minimum atomic E-state index is -1.61. The number of amides is 4. The number of primary amides is 1. The number of rotatable bonds is 16. The zero-order valence-corrected chi connectivity index (χ0v) is 19.1. The van der Waals surface area contributed by atoms with E-state index >= 15 is 0 Å². The Balaban J connectivity index is 5.37. The molecule has 0 spiro atoms. The monoisotopic (exact) mass is 493 g/mol. The Hall–Kier alpha value is -2.91. The lowest BCUT2D eigenvalue weighted by Crippen LogP contribution is -2.60. The van der Waals surface area contributed by atoms with Crippen LogP contribution in [0.4, 0.5) is 0 Å². The van der Waals surface area contributed by atoms with Gasteiger partial charge in [-0.2, -0.15) is 11.8 Å². The number of aliphatic hydroxyl groups is 1. The third kappa shape index (κ3) is 12.1. The third-order valence-electron chi connectivity index (χ3n) is 4.33. The highest BCUT2D eigenvalue weighted by Crippen LogP contribution is 2.05. The van der Waals surface area contributed by atoms with Gasteiger partial charge >= 0.3 is 11.9 Å². The molecule has 5 unspecified atom stereocenters. The maximum Gasteiger partial charge on any atom is 0.326 e. The van der Waals surface area contributed by atoms with E-state index in [9.17, 15) is 33.9 Å². The molecule has 0 aromatic heterocycles. The summed E-state index contributed by atoms with van der Waals surface area (Å²) in [5.74, 6) is -5.97. The van der Waals surface area contributed by atoms with Crippen LogP contribution >= 0.6 is 11.8 Å². The van der Waals surface area contributed by atoms with Gasteiger partial charge in [-0.1, -0.05) is 0 Å². The van der Waals surface area contributed by atoms with Crippen molar-refractivity contribution in [2.75, 3.05) is 12.0 Å². The lowest BCUT2D eigenvalue weighted by Gasteiger charge is -2.26. The molecule has 4 amide bonds. The van der Waals surface area contributed by atoms with Crippen LogP contribution in [0.1, 0.15) is 32.6 Å². The van der Waals surface area contributed by atoms with Crippen LogP contribution in [0.2, 0.25) is 0 Å². The second-order valence-corrected chi connectivity index (χ2v) is 8.16. The molecule has 0 aromatic carbocycles. The summed E-state index contributed by atoms with van der Waals surface area (Å²) in [5.41, 5.74) is 10.6. The van der Waals surface area contributed by atoms with Gasteiger partial charge in [-0.25, -0.2) is 4.79 Å². The summed E-state index contributed by atoms with van der Waals surface area (Å²) in [6.45, 7) is 1.21. The molecule has 0 aliphatic rings. The second kappa shape index (κ2) is 15.0. The Morgan fingerprint density at radius 1 is 0.909 bits per heavy atom. The molecule has 0 heterocycles. The molecule has 0 aliphatic heterocycles. The molecule has 0 saturated carbocycles. The molecule has 0 fully saturated rings. The largest absolute Gasteiger partial charge is 0.481 e. The van der Waals surface area contributed by atoms with Gasteiger partial charge in [0.25, 0.3) is 0 Å². The number of aliphatic hydroxyl groups excluding tert-OH is 1. The number of hydrogen-bond acceptors (Lipinski definition) is 9. The van der Waals surface area contributed by atoms with Gasteiger partial charge in [-0.3, -0.25) is 24.0 Å². The summed E-state index contributed by atoms with van der Waals surface area (Å²) in [7, 11) is 0. The van der Waals surface area contributed by atoms with Crippen molar-refractivity contribution in [3.63, 3.8) is 0 Å². The maximum absolute atomic E-state index is 12.7. The Bertz CT molecular complexity index is 734. The number of carboxylic acid groups (broad SMARTS) is 2. The molecule has 0 bridgehead atoms. The van der Waals surface area contributed by atoms with E-state index in [-0.39, 0.29) is 19.3 Å². The van der Waals surface area contributed by atoms with Gasteiger partial charge in [0.15, 0.2) is 0 Å². The van der Waals surface area contributed by atoms with E-state index in [2.05, 4.69) is 16.0 Å². The summed E-state index contributed by atoms with van der Waals surface area (Å²) in [6.07, 6.45) is -0.851. The predicted molar refractivity (Wildman–Crippen MR) is 117 cm³/mol. The van der Waals surface area contributed by atoms with Crippen molar-refractivity contribution in [3.8, 4) is 0 Å². The average molecular weight is 494 g/mol. The Kier molecular flexibility index (Phi) is 13.7. The average Bonchev–Trinajstić information content (AvgIpc) is 2.71. The Labute approximate surface area is 194 Å². The molecular formula is C18H31N5O9S. The van der Waals surface area contributed by atoms with Crippen molar-refractivity contribution in [1.29, 1.82) is 0 Å². The summed E-state index contributed by atoms with van der Waals surface area (Å²) in [5, 5.41) is 34.4. The lowest BCUT2D eigenvalue weighted by molar-refractivity contribution is -0.144. The van der Waals surface area contributed by atoms with E-state index in [1.165, 1.54) is 18.7 Å². The minimum absolute atomic E-state index is 0.0697. The normalized spacial score (nSPS) is 15.3. The van der Waals surface area contributed by atoms with Gasteiger partial charge in [-0.05, 0) is 31.8 Å². The van der Waals surface area contributed by atoms with Crippen LogP contribution in [-0.2, 0) is 28.8 Å². The van der Waals surface area contributed by atoms with Crippen molar-refractivity contribution in [2.45, 2.75) is 62.9 Å². The number of nitrogens with two attached hydrogens (primary N) is 2. The molecule has 0 aromatic rings. The first-order valence-corrected chi connectivity index (χ1v) is 11.3. The summed E-state index contributed by atoms with van der Waals surface area (Å²) in [4.78, 5) is 70.4. The SMILES string of the molecule is CSCCC(NC(=O)C(NC(=O)C(N)CCC(=O)O)C(C)O)C(=O)NC(CC(N)=O)C(=O)O. The highest BCUT2D eigenvalue weighted by molar-refractivity contribution is 7.98. The van der Waals surface area contributed by atoms with E-state index < -0.39 is 72.3 Å². The first-order chi connectivity index (χ1) is 15.3. The van der Waals surface area contributed by atoms with E-state index in [1.807, 2.05) is 0 Å². The molecule has 0 radical (unpaired) electrons. The minimum Gasteiger partial charge on any atom is -0.481 e. The molecule has 0 saturated heterocycles. The molecule has 0 rings (SSSR count). The first kappa shape index (κ1) is 30.1. The quantitative estimate of drug-likeness (QED) is 0.106. The van der Waals surface area contributed by atoms with Crippen LogP contribution in [-0.4, -0.2) is 93.2 Å². The molecule has 0 aliphatic carbocycles. The number of aliphatic carboxylic acids is 2. The van der Waals surface area contributed by atoms with Gasteiger partial charge < -0.3 is 42.7 Å². The fraction of sp³-hybridized carbons (Fsp3) is 0.667. The fourth-order valence-corrected chi connectivity index (χ4v) is 2.99. The van der Waals surface area contributed by atoms with Gasteiger partial charge in [0.05, 0.1) is 18.6 Å². The molecule has 33 heavy (non-hydrogen) atoms. The van der Waals surface area contributed by atoms with E-state index in [0.717, 1.165) is 0 Å². The second-order valence-electron chi connectivity index (χ2n) is 7.18. The summed E-state index contributed by atoms with van der Waals surface area (Å²) >= 11 is 1.34. The van der Waals surface area contributed by atoms with E-state index in [1.54, 1.807) is 6.26 Å². The van der Waals surface area contributed by atoms with Crippen LogP contribution in [0.25, 0.3) is 0 Å². The van der Waals surface area contributed by atoms with Gasteiger partial charge in [-0.15, -0.1) is 0 Å². The van der Waals surface area contributed by atoms with Crippen molar-refractivity contribution in [2.24, 2.45) is 11.5 Å². The third-order valence-corrected chi connectivity index (χ3v) is 4.98. The highest BCUT2D eigenvalue weighted by atomic mass is 32.2. The molecule has 14 nitrogen and oxygen atoms in total. The van der Waals surface area contributed by atoms with Crippen molar-refractivity contribution < 1.29 is 44.1 Å². The predicted octanol–water partition coefficient (Wildman–Crippen LogP) is -3.27. The van der Waals surface area contributed by atoms with Crippen molar-refractivity contribution >= 4 is 47.3 Å². The summed E-state index contributed by atoms with van der Waals surface area (Å²) in [6, 6.07) is -5.64. The summed E-state index contributed by atoms with van der Waals surface area (Å²) < 4.78 is 0. The van der Waals surface area contributed by atoms with Crippen molar-refractivity contribution in [1.82, 2.24) is 16.0 Å². The standard InChI is InChI=1S/C18H31N5O9S/c1-8(24)14(23-15(28)9(19)3-4-13(26)27)17(30)21-10(5-6-33-2)16(29)22-11(18(31)32)7-12(20)25/h8-11,14,24H,3-7,19H2,1-2H3,(H2,20,25)(H,21,30)(H,22,29)(H,23,28)(H,26,27)(H,31,32). The topological polar surface area (TPSA) is 251 Å². The highest BCUT2D eigenvalue weighted by Gasteiger charge is 2.32. The fourth-order valence-electron chi connectivity index (χ4n) is 2.52. The first-order valence-electron chi connectivity index (χ1n) is 9.86. The number of carboxylic acids is 2. The zero-order valence-electron chi connectivity index (χ0n) is 18.3. The maximum atomic E-state index is 12.7. The van der Waals surface area contributed by atoms with Crippen LogP contribution in [0.3, 0.4) is 0 Å². The van der Waals surface area contributed by atoms with Gasteiger partial charge in [0, 0.05) is 6.42 Å². The Morgan fingerprint density at radius 2 is 1.48 bits per heavy atom. The molecule has 10 N–H and O–H groups in total. The van der Waals surface area contributed by atoms with Gasteiger partial charge in [0.2, 0.25) is 23.6 Å². The van der Waals surface area contributed by atoms with E-state index in [4.69, 9.17) is 21.7 Å². The van der Waals surface area contributed by atoms with Crippen LogP contribution in [0.15, 0.2) is 0 Å². The van der Waals surface area contributed by atoms with Crippen LogP contribution in [0.5, 0.6) is 0 Å². The number of hydrogen-bond donors (Lipinski definition) is 8. The number of carbonyl (C=O) groups is 6. The number of nitrogens with one attached hydrogen (secondary N) is 3. The lowest BCUT2D eigenvalue weighted by atomic mass is 10.1. The molecular weight excluding hydrogens is 462 g/mol. The number of thioether (sulfide) groups is 1. The molecule has 5 atom stereocenters. The van der Waals surface area contributed by atoms with E-state index in [0.29, 0.717) is 5.75 Å².